The number of hydrogen-bond acceptors (Lipinski definition) is 5. The first kappa shape index (κ1) is 19.5. The highest BCUT2D eigenvalue weighted by atomic mass is 35.5. The molecule has 2 aromatic rings. The number of hydrogen-bond donors (Lipinski definition) is 1. The summed E-state index contributed by atoms with van der Waals surface area (Å²) in [4.78, 5) is 12.0. The molecule has 1 N–H and O–H groups in total. The van der Waals surface area contributed by atoms with Gasteiger partial charge in [-0.05, 0) is 26.8 Å². The van der Waals surface area contributed by atoms with Gasteiger partial charge in [-0.1, -0.05) is 23.2 Å². The molecule has 0 aliphatic rings. The predicted molar refractivity (Wildman–Crippen MR) is 89.3 cm³/mol. The zero-order valence-electron chi connectivity index (χ0n) is 13.6. The van der Waals surface area contributed by atoms with Gasteiger partial charge in [0.2, 0.25) is 5.88 Å². The lowest BCUT2D eigenvalue weighted by Crippen LogP contribution is -2.25. The Morgan fingerprint density at radius 2 is 1.92 bits per heavy atom. The van der Waals surface area contributed by atoms with Gasteiger partial charge in [0.15, 0.2) is 0 Å². The van der Waals surface area contributed by atoms with Crippen LogP contribution >= 0.6 is 23.2 Å². The van der Waals surface area contributed by atoms with E-state index in [0.29, 0.717) is 28.6 Å². The molecule has 0 aliphatic carbocycles. The van der Waals surface area contributed by atoms with Crippen LogP contribution in [0.2, 0.25) is 10.0 Å². The van der Waals surface area contributed by atoms with E-state index in [2.05, 4.69) is 20.3 Å². The average molecular weight is 395 g/mol. The van der Waals surface area contributed by atoms with E-state index >= 15 is 0 Å². The van der Waals surface area contributed by atoms with E-state index in [1.807, 2.05) is 0 Å². The van der Waals surface area contributed by atoms with E-state index < -0.39 is 11.7 Å². The van der Waals surface area contributed by atoms with Crippen molar-refractivity contribution in [3.8, 4) is 5.88 Å². The first-order chi connectivity index (χ1) is 11.6. The van der Waals surface area contributed by atoms with E-state index in [1.54, 1.807) is 20.8 Å². The molecule has 136 valence electrons. The van der Waals surface area contributed by atoms with Gasteiger partial charge in [-0.25, -0.2) is 15.0 Å². The summed E-state index contributed by atoms with van der Waals surface area (Å²) < 4.78 is 43.1. The molecule has 0 saturated heterocycles. The highest BCUT2D eigenvalue weighted by Gasteiger charge is 2.31. The van der Waals surface area contributed by atoms with E-state index in [4.69, 9.17) is 27.9 Å². The van der Waals surface area contributed by atoms with Crippen LogP contribution in [-0.2, 0) is 6.18 Å². The Morgan fingerprint density at radius 3 is 2.52 bits per heavy atom. The van der Waals surface area contributed by atoms with Crippen molar-refractivity contribution < 1.29 is 17.9 Å². The van der Waals surface area contributed by atoms with Crippen molar-refractivity contribution in [2.75, 3.05) is 11.9 Å². The quantitative estimate of drug-likeness (QED) is 0.796. The van der Waals surface area contributed by atoms with Gasteiger partial charge in [-0.2, -0.15) is 13.2 Å². The highest BCUT2D eigenvalue weighted by Crippen LogP contribution is 2.33. The van der Waals surface area contributed by atoms with Gasteiger partial charge >= 0.3 is 6.18 Å². The van der Waals surface area contributed by atoms with E-state index in [1.165, 1.54) is 0 Å². The summed E-state index contributed by atoms with van der Waals surface area (Å²) in [6.45, 7) is 5.38. The molecule has 1 atom stereocenters. The first-order valence-corrected chi connectivity index (χ1v) is 7.96. The number of aromatic nitrogens is 3. The van der Waals surface area contributed by atoms with Gasteiger partial charge in [-0.15, -0.1) is 0 Å². The van der Waals surface area contributed by atoms with E-state index in [0.717, 1.165) is 6.07 Å². The number of aryl methyl sites for hydroxylation is 2. The van der Waals surface area contributed by atoms with Crippen molar-refractivity contribution in [1.29, 1.82) is 0 Å². The molecule has 1 unspecified atom stereocenters. The lowest BCUT2D eigenvalue weighted by Gasteiger charge is -2.17. The molecule has 5 nitrogen and oxygen atoms in total. The Hall–Kier alpha value is -1.80. The summed E-state index contributed by atoms with van der Waals surface area (Å²) >= 11 is 11.9. The third-order valence-electron chi connectivity index (χ3n) is 3.12. The molecule has 2 rings (SSSR count). The summed E-state index contributed by atoms with van der Waals surface area (Å²) in [7, 11) is 0. The number of nitrogens with one attached hydrogen (secondary N) is 1. The van der Waals surface area contributed by atoms with Gasteiger partial charge in [0, 0.05) is 6.20 Å². The first-order valence-electron chi connectivity index (χ1n) is 7.20. The van der Waals surface area contributed by atoms with Crippen molar-refractivity contribution in [2.45, 2.75) is 33.0 Å². The maximum absolute atomic E-state index is 12.6. The Morgan fingerprint density at radius 1 is 1.24 bits per heavy atom. The maximum Gasteiger partial charge on any atom is 0.417 e. The normalized spacial score (nSPS) is 12.8. The van der Waals surface area contributed by atoms with Crippen LogP contribution < -0.4 is 10.1 Å². The molecule has 10 heteroatoms. The maximum atomic E-state index is 12.6. The highest BCUT2D eigenvalue weighted by molar-refractivity contribution is 6.33. The predicted octanol–water partition coefficient (Wildman–Crippen LogP) is 4.69. The molecule has 2 heterocycles. The summed E-state index contributed by atoms with van der Waals surface area (Å²) in [5.74, 6) is 0.934. The molecular weight excluding hydrogens is 380 g/mol. The van der Waals surface area contributed by atoms with Crippen LogP contribution in [0.15, 0.2) is 12.3 Å². The Kier molecular flexibility index (Phi) is 5.95. The molecule has 0 aliphatic heterocycles. The van der Waals surface area contributed by atoms with Gasteiger partial charge in [0.25, 0.3) is 0 Å². The van der Waals surface area contributed by atoms with Crippen LogP contribution in [-0.4, -0.2) is 27.6 Å². The summed E-state index contributed by atoms with van der Waals surface area (Å²) in [6, 6.07) is 0.516. The monoisotopic (exact) mass is 394 g/mol. The van der Waals surface area contributed by atoms with Crippen molar-refractivity contribution in [1.82, 2.24) is 15.0 Å². The molecule has 0 bridgehead atoms. The topological polar surface area (TPSA) is 59.9 Å². The minimum Gasteiger partial charge on any atom is -0.474 e. The second-order valence-corrected chi connectivity index (χ2v) is 6.17. The van der Waals surface area contributed by atoms with Gasteiger partial charge in [-0.3, -0.25) is 0 Å². The smallest absolute Gasteiger partial charge is 0.417 e. The Labute approximate surface area is 152 Å². The van der Waals surface area contributed by atoms with Gasteiger partial charge in [0.1, 0.15) is 28.3 Å². The van der Waals surface area contributed by atoms with Crippen LogP contribution in [0.5, 0.6) is 5.88 Å². The minimum atomic E-state index is -4.51. The van der Waals surface area contributed by atoms with Crippen molar-refractivity contribution >= 4 is 29.0 Å². The van der Waals surface area contributed by atoms with Crippen LogP contribution in [0, 0.1) is 13.8 Å². The van der Waals surface area contributed by atoms with Gasteiger partial charge < -0.3 is 10.1 Å². The molecule has 2 aromatic heterocycles. The van der Waals surface area contributed by atoms with Crippen LogP contribution in [0.1, 0.15) is 24.0 Å². The number of alkyl halides is 3. The number of halogens is 5. The Balaban J connectivity index is 2.02. The van der Waals surface area contributed by atoms with Crippen LogP contribution in [0.4, 0.5) is 19.0 Å². The molecule has 25 heavy (non-hydrogen) atoms. The largest absolute Gasteiger partial charge is 0.474 e. The fourth-order valence-electron chi connectivity index (χ4n) is 1.96. The molecular formula is C15H15Cl2F3N4O. The van der Waals surface area contributed by atoms with Crippen molar-refractivity contribution in [2.24, 2.45) is 0 Å². The molecule has 0 spiro atoms. The number of ether oxygens (including phenoxy) is 1. The average Bonchev–Trinajstić information content (AvgIpc) is 2.50. The lowest BCUT2D eigenvalue weighted by molar-refractivity contribution is -0.137. The Bertz CT molecular complexity index is 771. The summed E-state index contributed by atoms with van der Waals surface area (Å²) in [6.07, 6.45) is -3.84. The van der Waals surface area contributed by atoms with E-state index in [9.17, 15) is 13.2 Å². The van der Waals surface area contributed by atoms with Crippen LogP contribution in [0.25, 0.3) is 0 Å². The zero-order chi connectivity index (χ0) is 18.8. The third-order valence-corrected chi connectivity index (χ3v) is 3.84. The number of rotatable bonds is 5. The fourth-order valence-corrected chi connectivity index (χ4v) is 2.32. The molecule has 0 saturated carbocycles. The molecule has 0 aromatic carbocycles. The number of nitrogens with zero attached hydrogens (tertiary/aromatic N) is 3. The SMILES string of the molecule is Cc1nc(C)c(Cl)c(NC(C)COc2ncc(C(F)(F)F)cc2Cl)n1. The zero-order valence-corrected chi connectivity index (χ0v) is 15.1. The second kappa shape index (κ2) is 7.61. The molecule has 0 fully saturated rings. The van der Waals surface area contributed by atoms with Crippen molar-refractivity contribution in [3.05, 3.63) is 39.4 Å². The second-order valence-electron chi connectivity index (χ2n) is 5.38. The summed E-state index contributed by atoms with van der Waals surface area (Å²) in [5, 5.41) is 3.24. The minimum absolute atomic E-state index is 0.0792. The number of pyridine rings is 1. The lowest BCUT2D eigenvalue weighted by atomic mass is 10.3. The van der Waals surface area contributed by atoms with Crippen molar-refractivity contribution in [3.63, 3.8) is 0 Å². The third kappa shape index (κ3) is 5.09. The standard InChI is InChI=1S/C15H15Cl2F3N4O/c1-7(22-13-12(17)8(2)23-9(3)24-13)6-25-14-11(16)4-10(5-21-14)15(18,19)20/h4-5,7H,6H2,1-3H3,(H,22,23,24). The van der Waals surface area contributed by atoms with Gasteiger partial charge in [0.05, 0.1) is 17.3 Å². The molecule has 0 amide bonds. The van der Waals surface area contributed by atoms with E-state index in [-0.39, 0.29) is 23.6 Å². The van der Waals surface area contributed by atoms with Crippen LogP contribution in [0.3, 0.4) is 0 Å². The number of anilines is 1. The molecule has 0 radical (unpaired) electrons. The summed E-state index contributed by atoms with van der Waals surface area (Å²) in [5.41, 5.74) is -0.299. The fraction of sp³-hybridized carbons (Fsp3) is 0.400.